The molecule has 2 unspecified atom stereocenters. The summed E-state index contributed by atoms with van der Waals surface area (Å²) in [5.41, 5.74) is 1.30. The summed E-state index contributed by atoms with van der Waals surface area (Å²) >= 11 is 3.39. The van der Waals surface area contributed by atoms with Crippen molar-refractivity contribution in [1.82, 2.24) is 0 Å². The second-order valence-electron chi connectivity index (χ2n) is 6.06. The molecule has 0 spiro atoms. The first kappa shape index (κ1) is 19.7. The maximum atomic E-state index is 12.4. The largest absolute Gasteiger partial charge is 0.488 e. The van der Waals surface area contributed by atoms with Crippen LogP contribution in [0.2, 0.25) is 0 Å². The third-order valence-corrected chi connectivity index (χ3v) is 4.64. The van der Waals surface area contributed by atoms with Gasteiger partial charge in [0.05, 0.1) is 6.10 Å². The fraction of sp³-hybridized carbons (Fsp3) is 0.381. The van der Waals surface area contributed by atoms with Crippen LogP contribution < -0.4 is 4.74 Å². The summed E-state index contributed by atoms with van der Waals surface area (Å²) in [5.74, 6) is 0.676. The van der Waals surface area contributed by atoms with E-state index in [0.717, 1.165) is 24.6 Å². The number of carbonyl (C=O) groups excluding carboxylic acids is 1. The highest BCUT2D eigenvalue weighted by Gasteiger charge is 2.20. The maximum absolute atomic E-state index is 12.4. The molecular formula is C21H25BrO3. The summed E-state index contributed by atoms with van der Waals surface area (Å²) in [5, 5.41) is 11.2. The zero-order chi connectivity index (χ0) is 18.1. The van der Waals surface area contributed by atoms with E-state index in [1.807, 2.05) is 30.3 Å². The molecule has 0 radical (unpaired) electrons. The van der Waals surface area contributed by atoms with E-state index in [0.29, 0.717) is 23.3 Å². The van der Waals surface area contributed by atoms with Crippen LogP contribution >= 0.6 is 15.9 Å². The highest BCUT2D eigenvalue weighted by Crippen LogP contribution is 2.20. The third-order valence-electron chi connectivity index (χ3n) is 4.08. The summed E-state index contributed by atoms with van der Waals surface area (Å²) in [6.07, 6.45) is 2.66. The minimum atomic E-state index is -0.483. The van der Waals surface area contributed by atoms with Crippen LogP contribution in [0.3, 0.4) is 0 Å². The second-order valence-corrected chi connectivity index (χ2v) is 6.86. The zero-order valence-corrected chi connectivity index (χ0v) is 16.1. The highest BCUT2D eigenvalue weighted by atomic mass is 79.9. The minimum absolute atomic E-state index is 0.00499. The molecule has 0 saturated carbocycles. The quantitative estimate of drug-likeness (QED) is 0.447. The minimum Gasteiger partial charge on any atom is -0.488 e. The van der Waals surface area contributed by atoms with Gasteiger partial charge in [-0.3, -0.25) is 4.79 Å². The molecule has 0 saturated heterocycles. The number of hydrogen-bond acceptors (Lipinski definition) is 3. The first-order valence-electron chi connectivity index (χ1n) is 8.76. The van der Waals surface area contributed by atoms with E-state index in [-0.39, 0.29) is 11.9 Å². The number of ketones is 1. The number of carbonyl (C=O) groups is 1. The number of halogens is 1. The summed E-state index contributed by atoms with van der Waals surface area (Å²) in [7, 11) is 0. The van der Waals surface area contributed by atoms with Crippen LogP contribution in [0.1, 0.15) is 48.5 Å². The van der Waals surface area contributed by atoms with Crippen molar-refractivity contribution >= 4 is 21.7 Å². The summed E-state index contributed by atoms with van der Waals surface area (Å²) < 4.78 is 5.98. The summed E-state index contributed by atoms with van der Waals surface area (Å²) in [6, 6.07) is 16.4. The number of benzene rings is 2. The normalized spacial score (nSPS) is 13.2. The first-order valence-corrected chi connectivity index (χ1v) is 9.88. The number of ether oxygens (including phenoxy) is 1. The molecular weight excluding hydrogens is 380 g/mol. The van der Waals surface area contributed by atoms with Crippen molar-refractivity contribution in [2.75, 3.05) is 5.33 Å². The molecule has 4 heteroatoms. The molecule has 0 aliphatic heterocycles. The van der Waals surface area contributed by atoms with E-state index >= 15 is 0 Å². The molecule has 3 nitrogen and oxygen atoms in total. The van der Waals surface area contributed by atoms with Crippen LogP contribution in [-0.2, 0) is 0 Å². The van der Waals surface area contributed by atoms with Crippen LogP contribution in [-0.4, -0.2) is 28.4 Å². The molecule has 2 rings (SSSR count). The lowest BCUT2D eigenvalue weighted by Crippen LogP contribution is -2.31. The monoisotopic (exact) mass is 404 g/mol. The van der Waals surface area contributed by atoms with Gasteiger partial charge in [-0.25, -0.2) is 0 Å². The number of rotatable bonds is 10. The first-order chi connectivity index (χ1) is 12.2. The van der Waals surface area contributed by atoms with Crippen molar-refractivity contribution in [3.63, 3.8) is 0 Å². The van der Waals surface area contributed by atoms with E-state index in [2.05, 4.69) is 22.9 Å². The average Bonchev–Trinajstić information content (AvgIpc) is 2.66. The van der Waals surface area contributed by atoms with Gasteiger partial charge in [0.15, 0.2) is 5.78 Å². The van der Waals surface area contributed by atoms with Gasteiger partial charge in [0, 0.05) is 16.5 Å². The Morgan fingerprint density at radius 3 is 2.28 bits per heavy atom. The molecule has 0 heterocycles. The fourth-order valence-electron chi connectivity index (χ4n) is 2.70. The lowest BCUT2D eigenvalue weighted by Gasteiger charge is -2.24. The van der Waals surface area contributed by atoms with Gasteiger partial charge < -0.3 is 9.84 Å². The van der Waals surface area contributed by atoms with Gasteiger partial charge in [0.25, 0.3) is 0 Å². The molecule has 134 valence electrons. The van der Waals surface area contributed by atoms with Crippen LogP contribution in [0.25, 0.3) is 0 Å². The Morgan fingerprint density at radius 1 is 1.04 bits per heavy atom. The van der Waals surface area contributed by atoms with Gasteiger partial charge in [-0.2, -0.15) is 0 Å². The molecule has 2 aromatic carbocycles. The summed E-state index contributed by atoms with van der Waals surface area (Å²) in [4.78, 5) is 12.4. The highest BCUT2D eigenvalue weighted by molar-refractivity contribution is 9.09. The lowest BCUT2D eigenvalue weighted by molar-refractivity contribution is 0.0255. The molecule has 0 fully saturated rings. The van der Waals surface area contributed by atoms with Crippen LogP contribution in [0.4, 0.5) is 0 Å². The molecule has 0 aromatic heterocycles. The van der Waals surface area contributed by atoms with Gasteiger partial charge in [-0.15, -0.1) is 0 Å². The average molecular weight is 405 g/mol. The predicted molar refractivity (Wildman–Crippen MR) is 105 cm³/mol. The smallest absolute Gasteiger partial charge is 0.193 e. The maximum Gasteiger partial charge on any atom is 0.193 e. The van der Waals surface area contributed by atoms with Crippen molar-refractivity contribution < 1.29 is 14.6 Å². The van der Waals surface area contributed by atoms with Crippen molar-refractivity contribution in [2.24, 2.45) is 0 Å². The number of aliphatic hydroxyl groups is 1. The Kier molecular flexibility index (Phi) is 8.16. The van der Waals surface area contributed by atoms with Crippen molar-refractivity contribution in [2.45, 2.75) is 44.8 Å². The SMILES string of the molecule is CCCC(Oc1ccc(C(=O)c2ccccc2)cc1)C(O)CCCBr. The fourth-order valence-corrected chi connectivity index (χ4v) is 3.03. The Morgan fingerprint density at radius 2 is 1.68 bits per heavy atom. The molecule has 0 bridgehead atoms. The van der Waals surface area contributed by atoms with Gasteiger partial charge in [-0.05, 0) is 43.5 Å². The van der Waals surface area contributed by atoms with Crippen molar-refractivity contribution in [1.29, 1.82) is 0 Å². The Balaban J connectivity index is 2.04. The molecule has 1 N–H and O–H groups in total. The number of alkyl halides is 1. The summed E-state index contributed by atoms with van der Waals surface area (Å²) in [6.45, 7) is 2.08. The van der Waals surface area contributed by atoms with E-state index in [1.165, 1.54) is 0 Å². The van der Waals surface area contributed by atoms with E-state index in [4.69, 9.17) is 4.74 Å². The van der Waals surface area contributed by atoms with E-state index < -0.39 is 6.10 Å². The third kappa shape index (κ3) is 5.98. The van der Waals surface area contributed by atoms with Crippen molar-refractivity contribution in [3.8, 4) is 5.75 Å². The van der Waals surface area contributed by atoms with Crippen LogP contribution in [0.5, 0.6) is 5.75 Å². The van der Waals surface area contributed by atoms with Crippen molar-refractivity contribution in [3.05, 3.63) is 65.7 Å². The molecule has 2 aromatic rings. The van der Waals surface area contributed by atoms with E-state index in [9.17, 15) is 9.90 Å². The lowest BCUT2D eigenvalue weighted by atomic mass is 10.0. The predicted octanol–water partition coefficient (Wildman–Crippen LogP) is 5.00. The topological polar surface area (TPSA) is 46.5 Å². The standard InChI is InChI=1S/C21H25BrO3/c1-2-7-20(19(23)10-6-15-22)25-18-13-11-17(12-14-18)21(24)16-8-4-3-5-9-16/h3-5,8-9,11-14,19-20,23H,2,6-7,10,15H2,1H3. The molecule has 0 amide bonds. The van der Waals surface area contributed by atoms with Crippen LogP contribution in [0, 0.1) is 0 Å². The Bertz CT molecular complexity index is 640. The Hall–Kier alpha value is -1.65. The molecule has 2 atom stereocenters. The zero-order valence-electron chi connectivity index (χ0n) is 14.5. The number of hydrogen-bond donors (Lipinski definition) is 1. The van der Waals surface area contributed by atoms with Gasteiger partial charge >= 0.3 is 0 Å². The second kappa shape index (κ2) is 10.4. The van der Waals surface area contributed by atoms with Crippen LogP contribution in [0.15, 0.2) is 54.6 Å². The molecule has 0 aliphatic carbocycles. The van der Waals surface area contributed by atoms with Gasteiger partial charge in [-0.1, -0.05) is 59.6 Å². The van der Waals surface area contributed by atoms with E-state index in [1.54, 1.807) is 24.3 Å². The molecule has 25 heavy (non-hydrogen) atoms. The molecule has 0 aliphatic rings. The number of aliphatic hydroxyl groups excluding tert-OH is 1. The Labute approximate surface area is 158 Å². The van der Waals surface area contributed by atoms with Gasteiger partial charge in [0.1, 0.15) is 11.9 Å². The van der Waals surface area contributed by atoms with Gasteiger partial charge in [0.2, 0.25) is 0 Å².